The van der Waals surface area contributed by atoms with E-state index in [4.69, 9.17) is 9.47 Å². The van der Waals surface area contributed by atoms with E-state index in [0.29, 0.717) is 13.2 Å². The molecule has 6 heteroatoms. The van der Waals surface area contributed by atoms with E-state index in [1.807, 2.05) is 13.8 Å². The van der Waals surface area contributed by atoms with E-state index in [1.165, 1.54) is 0 Å². The van der Waals surface area contributed by atoms with Gasteiger partial charge in [0.2, 0.25) is 0 Å². The molecule has 1 unspecified atom stereocenters. The molecule has 0 aromatic carbocycles. The van der Waals surface area contributed by atoms with Gasteiger partial charge in [0.25, 0.3) is 6.43 Å². The Morgan fingerprint density at radius 2 is 1.88 bits per heavy atom. The normalized spacial score (nSPS) is 13.7. The molecule has 0 aliphatic rings. The fraction of sp³-hybridized carbons (Fsp3) is 1.00. The van der Waals surface area contributed by atoms with Crippen molar-refractivity contribution in [2.75, 3.05) is 32.9 Å². The molecule has 0 saturated heterocycles. The predicted octanol–water partition coefficient (Wildman–Crippen LogP) is 0.644. The molecular weight excluding hydrogens is 220 g/mol. The summed E-state index contributed by atoms with van der Waals surface area (Å²) in [6.07, 6.45) is -3.01. The second kappa shape index (κ2) is 9.89. The number of aliphatic hydroxyl groups excluding tert-OH is 1. The molecule has 2 N–H and O–H groups in total. The molecule has 0 aromatic rings. The van der Waals surface area contributed by atoms with E-state index in [9.17, 15) is 13.9 Å². The van der Waals surface area contributed by atoms with E-state index >= 15 is 0 Å². The Bertz CT molecular complexity index is 159. The van der Waals surface area contributed by atoms with Crippen molar-refractivity contribution in [1.82, 2.24) is 5.32 Å². The minimum atomic E-state index is -2.40. The first-order valence-electron chi connectivity index (χ1n) is 5.38. The van der Waals surface area contributed by atoms with Gasteiger partial charge in [-0.1, -0.05) is 0 Å². The zero-order valence-electron chi connectivity index (χ0n) is 9.79. The quantitative estimate of drug-likeness (QED) is 0.551. The molecule has 16 heavy (non-hydrogen) atoms. The summed E-state index contributed by atoms with van der Waals surface area (Å²) in [5.41, 5.74) is 0. The van der Waals surface area contributed by atoms with Gasteiger partial charge < -0.3 is 19.9 Å². The molecular formula is C10H21F2NO3. The smallest absolute Gasteiger partial charge is 0.250 e. The number of aliphatic hydroxyl groups is 1. The fourth-order valence-corrected chi connectivity index (χ4v) is 0.980. The third-order valence-corrected chi connectivity index (χ3v) is 1.67. The molecule has 0 spiro atoms. The lowest BCUT2D eigenvalue weighted by molar-refractivity contribution is -0.0106. The lowest BCUT2D eigenvalue weighted by atomic mass is 10.4. The highest BCUT2D eigenvalue weighted by Gasteiger charge is 2.06. The Balaban J connectivity index is 3.20. The van der Waals surface area contributed by atoms with Crippen molar-refractivity contribution >= 4 is 0 Å². The summed E-state index contributed by atoms with van der Waals surface area (Å²) in [5.74, 6) is 0. The number of alkyl halides is 2. The van der Waals surface area contributed by atoms with Gasteiger partial charge in [0.15, 0.2) is 0 Å². The number of halogens is 2. The number of hydrogen-bond acceptors (Lipinski definition) is 4. The molecule has 4 nitrogen and oxygen atoms in total. The first kappa shape index (κ1) is 15.7. The van der Waals surface area contributed by atoms with Gasteiger partial charge in [-0.05, 0) is 13.8 Å². The van der Waals surface area contributed by atoms with Crippen LogP contribution in [0.25, 0.3) is 0 Å². The van der Waals surface area contributed by atoms with Crippen LogP contribution in [0.2, 0.25) is 0 Å². The lowest BCUT2D eigenvalue weighted by Crippen LogP contribution is -2.33. The van der Waals surface area contributed by atoms with Crippen LogP contribution in [-0.2, 0) is 9.47 Å². The summed E-state index contributed by atoms with van der Waals surface area (Å²) in [4.78, 5) is 0. The van der Waals surface area contributed by atoms with E-state index in [2.05, 4.69) is 5.32 Å². The third kappa shape index (κ3) is 11.8. The van der Waals surface area contributed by atoms with Gasteiger partial charge in [-0.15, -0.1) is 0 Å². The molecule has 0 rings (SSSR count). The highest BCUT2D eigenvalue weighted by atomic mass is 19.3. The van der Waals surface area contributed by atoms with Crippen LogP contribution in [0, 0.1) is 0 Å². The highest BCUT2D eigenvalue weighted by Crippen LogP contribution is 1.91. The van der Waals surface area contributed by atoms with Crippen LogP contribution in [0.1, 0.15) is 13.8 Å². The molecule has 0 aliphatic heterocycles. The van der Waals surface area contributed by atoms with Crippen molar-refractivity contribution in [3.8, 4) is 0 Å². The minimum absolute atomic E-state index is 0.107. The Kier molecular flexibility index (Phi) is 9.71. The van der Waals surface area contributed by atoms with Gasteiger partial charge in [0.05, 0.1) is 38.6 Å². The summed E-state index contributed by atoms with van der Waals surface area (Å²) in [6, 6.07) is 0. The molecule has 98 valence electrons. The first-order valence-corrected chi connectivity index (χ1v) is 5.38. The second-order valence-corrected chi connectivity index (χ2v) is 3.70. The average molecular weight is 241 g/mol. The van der Waals surface area contributed by atoms with E-state index in [1.54, 1.807) is 0 Å². The maximum atomic E-state index is 11.7. The van der Waals surface area contributed by atoms with E-state index in [-0.39, 0.29) is 19.3 Å². The molecule has 0 amide bonds. The van der Waals surface area contributed by atoms with Gasteiger partial charge in [-0.3, -0.25) is 0 Å². The molecule has 0 fully saturated rings. The van der Waals surface area contributed by atoms with E-state index < -0.39 is 19.1 Å². The summed E-state index contributed by atoms with van der Waals surface area (Å²) in [5, 5.41) is 11.7. The van der Waals surface area contributed by atoms with Crippen molar-refractivity contribution in [3.05, 3.63) is 0 Å². The van der Waals surface area contributed by atoms with Gasteiger partial charge in [0.1, 0.15) is 0 Å². The number of hydrogen-bond donors (Lipinski definition) is 2. The monoisotopic (exact) mass is 241 g/mol. The Hall–Kier alpha value is -0.300. The second-order valence-electron chi connectivity index (χ2n) is 3.70. The van der Waals surface area contributed by atoms with Gasteiger partial charge in [0, 0.05) is 6.54 Å². The predicted molar refractivity (Wildman–Crippen MR) is 56.8 cm³/mol. The zero-order chi connectivity index (χ0) is 12.4. The van der Waals surface area contributed by atoms with Crippen molar-refractivity contribution < 1.29 is 23.4 Å². The fourth-order valence-electron chi connectivity index (χ4n) is 0.980. The maximum absolute atomic E-state index is 11.7. The SMILES string of the molecule is CC(C)OCCOCC(O)CNCC(F)F. The van der Waals surface area contributed by atoms with Crippen molar-refractivity contribution in [2.24, 2.45) is 0 Å². The van der Waals surface area contributed by atoms with Gasteiger partial charge >= 0.3 is 0 Å². The Morgan fingerprint density at radius 1 is 1.19 bits per heavy atom. The molecule has 1 atom stereocenters. The minimum Gasteiger partial charge on any atom is -0.389 e. The Morgan fingerprint density at radius 3 is 2.44 bits per heavy atom. The van der Waals surface area contributed by atoms with Crippen molar-refractivity contribution in [3.63, 3.8) is 0 Å². The first-order chi connectivity index (χ1) is 7.52. The molecule has 0 aromatic heterocycles. The molecule has 0 heterocycles. The van der Waals surface area contributed by atoms with Crippen LogP contribution in [0.3, 0.4) is 0 Å². The molecule has 0 radical (unpaired) electrons. The van der Waals surface area contributed by atoms with Crippen LogP contribution in [0.5, 0.6) is 0 Å². The number of nitrogens with one attached hydrogen (secondary N) is 1. The summed E-state index contributed by atoms with van der Waals surface area (Å²) >= 11 is 0. The maximum Gasteiger partial charge on any atom is 0.250 e. The largest absolute Gasteiger partial charge is 0.389 e. The van der Waals surface area contributed by atoms with Crippen molar-refractivity contribution in [1.29, 1.82) is 0 Å². The topological polar surface area (TPSA) is 50.7 Å². The number of rotatable bonds is 10. The zero-order valence-corrected chi connectivity index (χ0v) is 9.79. The summed E-state index contributed by atoms with van der Waals surface area (Å²) in [6.45, 7) is 4.52. The standard InChI is InChI=1S/C10H21F2NO3/c1-8(2)16-4-3-15-7-9(14)5-13-6-10(11)12/h8-10,13-14H,3-7H2,1-2H3. The van der Waals surface area contributed by atoms with Gasteiger partial charge in [-0.25, -0.2) is 8.78 Å². The van der Waals surface area contributed by atoms with Crippen LogP contribution < -0.4 is 5.32 Å². The molecule has 0 aliphatic carbocycles. The van der Waals surface area contributed by atoms with Crippen LogP contribution in [-0.4, -0.2) is 56.7 Å². The molecule has 0 saturated carbocycles. The Labute approximate surface area is 94.9 Å². The van der Waals surface area contributed by atoms with Crippen molar-refractivity contribution in [2.45, 2.75) is 32.5 Å². The van der Waals surface area contributed by atoms with Crippen LogP contribution >= 0.6 is 0 Å². The average Bonchev–Trinajstić information content (AvgIpc) is 2.16. The lowest BCUT2D eigenvalue weighted by Gasteiger charge is -2.13. The van der Waals surface area contributed by atoms with Crippen LogP contribution in [0.15, 0.2) is 0 Å². The molecule has 0 bridgehead atoms. The highest BCUT2D eigenvalue weighted by molar-refractivity contribution is 4.58. The summed E-state index contributed by atoms with van der Waals surface area (Å²) in [7, 11) is 0. The van der Waals surface area contributed by atoms with Gasteiger partial charge in [-0.2, -0.15) is 0 Å². The third-order valence-electron chi connectivity index (χ3n) is 1.67. The van der Waals surface area contributed by atoms with Crippen LogP contribution in [0.4, 0.5) is 8.78 Å². The number of ether oxygens (including phenoxy) is 2. The van der Waals surface area contributed by atoms with E-state index in [0.717, 1.165) is 0 Å². The summed E-state index contributed by atoms with van der Waals surface area (Å²) < 4.78 is 33.8.